The van der Waals surface area contributed by atoms with E-state index in [9.17, 15) is 13.2 Å². The monoisotopic (exact) mass is 331 g/mol. The molecule has 6 nitrogen and oxygen atoms in total. The van der Waals surface area contributed by atoms with Gasteiger partial charge in [-0.05, 0) is 25.1 Å². The normalized spacial score (nSPS) is 19.3. The van der Waals surface area contributed by atoms with Gasteiger partial charge in [-0.2, -0.15) is 4.31 Å². The number of amides is 1. The van der Waals surface area contributed by atoms with Crippen LogP contribution in [0.1, 0.15) is 6.92 Å². The van der Waals surface area contributed by atoms with Gasteiger partial charge in [0, 0.05) is 31.2 Å². The molecule has 1 heterocycles. The highest BCUT2D eigenvalue weighted by Gasteiger charge is 2.31. The Bertz CT molecular complexity index is 627. The molecule has 1 unspecified atom stereocenters. The van der Waals surface area contributed by atoms with Crippen LogP contribution in [0.2, 0.25) is 5.02 Å². The van der Waals surface area contributed by atoms with Crippen LogP contribution in [-0.4, -0.2) is 55.8 Å². The Labute approximate surface area is 129 Å². The van der Waals surface area contributed by atoms with Crippen molar-refractivity contribution in [2.24, 2.45) is 5.73 Å². The number of carbonyl (C=O) groups excluding carboxylic acids is 1. The van der Waals surface area contributed by atoms with Gasteiger partial charge < -0.3 is 5.73 Å². The molecule has 0 spiro atoms. The molecule has 8 heteroatoms. The van der Waals surface area contributed by atoms with Gasteiger partial charge in [-0.15, -0.1) is 0 Å². The highest BCUT2D eigenvalue weighted by atomic mass is 35.5. The highest BCUT2D eigenvalue weighted by Crippen LogP contribution is 2.21. The minimum absolute atomic E-state index is 0.186. The molecule has 1 amide bonds. The predicted molar refractivity (Wildman–Crippen MR) is 80.4 cm³/mol. The average molecular weight is 332 g/mol. The number of halogens is 1. The van der Waals surface area contributed by atoms with Crippen LogP contribution >= 0.6 is 11.6 Å². The SMILES string of the molecule is CC(C(N)=O)N1CCN(S(=O)(=O)c2cccc(Cl)c2)CC1. The van der Waals surface area contributed by atoms with Gasteiger partial charge in [0.15, 0.2) is 0 Å². The van der Waals surface area contributed by atoms with E-state index >= 15 is 0 Å². The van der Waals surface area contributed by atoms with Gasteiger partial charge in [0.05, 0.1) is 10.9 Å². The van der Waals surface area contributed by atoms with Crippen molar-refractivity contribution in [3.8, 4) is 0 Å². The summed E-state index contributed by atoms with van der Waals surface area (Å²) < 4.78 is 26.4. The summed E-state index contributed by atoms with van der Waals surface area (Å²) >= 11 is 5.85. The fourth-order valence-electron chi connectivity index (χ4n) is 2.29. The summed E-state index contributed by atoms with van der Waals surface area (Å²) in [5.41, 5.74) is 5.27. The van der Waals surface area contributed by atoms with Crippen LogP contribution < -0.4 is 5.73 Å². The van der Waals surface area contributed by atoms with Crippen LogP contribution in [0.15, 0.2) is 29.2 Å². The predicted octanol–water partition coefficient (Wildman–Crippen LogP) is 0.520. The molecule has 0 radical (unpaired) electrons. The second kappa shape index (κ2) is 6.31. The van der Waals surface area contributed by atoms with Gasteiger partial charge in [0.2, 0.25) is 15.9 Å². The van der Waals surface area contributed by atoms with E-state index < -0.39 is 15.9 Å². The van der Waals surface area contributed by atoms with Crippen molar-refractivity contribution in [1.29, 1.82) is 0 Å². The minimum Gasteiger partial charge on any atom is -0.368 e. The molecule has 1 aromatic rings. The molecule has 116 valence electrons. The summed E-state index contributed by atoms with van der Waals surface area (Å²) in [6.07, 6.45) is 0. The summed E-state index contributed by atoms with van der Waals surface area (Å²) in [4.78, 5) is 13.2. The summed E-state index contributed by atoms with van der Waals surface area (Å²) in [6.45, 7) is 3.33. The molecule has 2 N–H and O–H groups in total. The smallest absolute Gasteiger partial charge is 0.243 e. The first-order valence-corrected chi connectivity index (χ1v) is 8.43. The summed E-state index contributed by atoms with van der Waals surface area (Å²) in [5.74, 6) is -0.402. The summed E-state index contributed by atoms with van der Waals surface area (Å²) in [6, 6.07) is 5.82. The number of hydrogen-bond donors (Lipinski definition) is 1. The third-order valence-electron chi connectivity index (χ3n) is 3.67. The number of benzene rings is 1. The van der Waals surface area contributed by atoms with E-state index in [1.807, 2.05) is 4.90 Å². The molecular weight excluding hydrogens is 314 g/mol. The zero-order chi connectivity index (χ0) is 15.6. The number of carbonyl (C=O) groups is 1. The molecule has 2 rings (SSSR count). The molecule has 0 saturated carbocycles. The number of rotatable bonds is 4. The number of piperazine rings is 1. The van der Waals surface area contributed by atoms with Crippen molar-refractivity contribution in [2.45, 2.75) is 17.9 Å². The first-order valence-electron chi connectivity index (χ1n) is 6.61. The Hall–Kier alpha value is -1.15. The van der Waals surface area contributed by atoms with Crippen LogP contribution in [0.5, 0.6) is 0 Å². The van der Waals surface area contributed by atoms with Crippen molar-refractivity contribution < 1.29 is 13.2 Å². The van der Waals surface area contributed by atoms with Crippen LogP contribution in [0.4, 0.5) is 0 Å². The molecular formula is C13H18ClN3O3S. The molecule has 0 bridgehead atoms. The van der Waals surface area contributed by atoms with Gasteiger partial charge in [0.1, 0.15) is 0 Å². The Balaban J connectivity index is 2.09. The Morgan fingerprint density at radius 2 is 1.90 bits per heavy atom. The molecule has 1 fully saturated rings. The molecule has 1 aliphatic heterocycles. The molecule has 1 aliphatic rings. The van der Waals surface area contributed by atoms with Crippen molar-refractivity contribution >= 4 is 27.5 Å². The molecule has 1 aromatic carbocycles. The second-order valence-electron chi connectivity index (χ2n) is 4.98. The van der Waals surface area contributed by atoms with Gasteiger partial charge in [-0.3, -0.25) is 9.69 Å². The third kappa shape index (κ3) is 3.55. The van der Waals surface area contributed by atoms with E-state index in [2.05, 4.69) is 0 Å². The van der Waals surface area contributed by atoms with Gasteiger partial charge in [-0.25, -0.2) is 8.42 Å². The number of nitrogens with zero attached hydrogens (tertiary/aromatic N) is 2. The van der Waals surface area contributed by atoms with Crippen molar-refractivity contribution in [1.82, 2.24) is 9.21 Å². The second-order valence-corrected chi connectivity index (χ2v) is 7.35. The lowest BCUT2D eigenvalue weighted by atomic mass is 10.2. The van der Waals surface area contributed by atoms with Crippen LogP contribution in [0.25, 0.3) is 0 Å². The van der Waals surface area contributed by atoms with Gasteiger partial charge in [0.25, 0.3) is 0 Å². The van der Waals surface area contributed by atoms with E-state index in [0.717, 1.165) is 0 Å². The topological polar surface area (TPSA) is 83.7 Å². The lowest BCUT2D eigenvalue weighted by Crippen LogP contribution is -2.54. The van der Waals surface area contributed by atoms with E-state index in [1.165, 1.54) is 16.4 Å². The van der Waals surface area contributed by atoms with Crippen molar-refractivity contribution in [3.63, 3.8) is 0 Å². The maximum Gasteiger partial charge on any atom is 0.243 e. The Kier molecular flexibility index (Phi) is 4.88. The summed E-state index contributed by atoms with van der Waals surface area (Å²) in [5, 5.41) is 0.386. The average Bonchev–Trinajstić information content (AvgIpc) is 2.46. The zero-order valence-corrected chi connectivity index (χ0v) is 13.3. The van der Waals surface area contributed by atoms with Crippen LogP contribution in [-0.2, 0) is 14.8 Å². The van der Waals surface area contributed by atoms with Crippen molar-refractivity contribution in [3.05, 3.63) is 29.3 Å². The van der Waals surface area contributed by atoms with Crippen LogP contribution in [0.3, 0.4) is 0 Å². The van der Waals surface area contributed by atoms with E-state index in [4.69, 9.17) is 17.3 Å². The number of primary amides is 1. The van der Waals surface area contributed by atoms with E-state index in [1.54, 1.807) is 19.1 Å². The maximum atomic E-state index is 12.5. The standard InChI is InChI=1S/C13H18ClN3O3S/c1-10(13(15)18)16-5-7-17(8-6-16)21(19,20)12-4-2-3-11(14)9-12/h2-4,9-10H,5-8H2,1H3,(H2,15,18). The molecule has 21 heavy (non-hydrogen) atoms. The molecule has 0 aliphatic carbocycles. The Morgan fingerprint density at radius 3 is 2.43 bits per heavy atom. The van der Waals surface area contributed by atoms with E-state index in [-0.39, 0.29) is 10.9 Å². The minimum atomic E-state index is -3.55. The number of hydrogen-bond acceptors (Lipinski definition) is 4. The first-order chi connectivity index (χ1) is 9.82. The molecule has 0 aromatic heterocycles. The van der Waals surface area contributed by atoms with Gasteiger partial charge >= 0.3 is 0 Å². The lowest BCUT2D eigenvalue weighted by Gasteiger charge is -2.36. The molecule has 1 atom stereocenters. The van der Waals surface area contributed by atoms with Crippen LogP contribution in [0, 0.1) is 0 Å². The fourth-order valence-corrected chi connectivity index (χ4v) is 4.01. The molecule has 1 saturated heterocycles. The Morgan fingerprint density at radius 1 is 1.29 bits per heavy atom. The quantitative estimate of drug-likeness (QED) is 0.871. The van der Waals surface area contributed by atoms with Crippen molar-refractivity contribution in [2.75, 3.05) is 26.2 Å². The fraction of sp³-hybridized carbons (Fsp3) is 0.462. The maximum absolute atomic E-state index is 12.5. The largest absolute Gasteiger partial charge is 0.368 e. The first kappa shape index (κ1) is 16.2. The zero-order valence-electron chi connectivity index (χ0n) is 11.7. The highest BCUT2D eigenvalue weighted by molar-refractivity contribution is 7.89. The van der Waals surface area contributed by atoms with E-state index in [0.29, 0.717) is 31.2 Å². The lowest BCUT2D eigenvalue weighted by molar-refractivity contribution is -0.123. The third-order valence-corrected chi connectivity index (χ3v) is 5.80. The number of nitrogens with two attached hydrogens (primary N) is 1. The summed E-state index contributed by atoms with van der Waals surface area (Å²) in [7, 11) is -3.55. The van der Waals surface area contributed by atoms with Gasteiger partial charge in [-0.1, -0.05) is 17.7 Å². The number of sulfonamides is 1.